The van der Waals surface area contributed by atoms with Crippen LogP contribution in [0.1, 0.15) is 19.4 Å². The summed E-state index contributed by atoms with van der Waals surface area (Å²) < 4.78 is 92.7. The second-order valence-electron chi connectivity index (χ2n) is 8.45. The van der Waals surface area contributed by atoms with Gasteiger partial charge in [0.25, 0.3) is 0 Å². The molecule has 2 aliphatic heterocycles. The molecule has 0 radical (unpaired) electrons. The summed E-state index contributed by atoms with van der Waals surface area (Å²) in [5, 5.41) is 0. The minimum Gasteiger partial charge on any atom is -0.497 e. The van der Waals surface area contributed by atoms with Crippen LogP contribution >= 0.6 is 11.8 Å². The van der Waals surface area contributed by atoms with E-state index in [0.29, 0.717) is 16.2 Å². The number of nitrogens with zero attached hydrogens (tertiary/aromatic N) is 1. The highest BCUT2D eigenvalue weighted by Crippen LogP contribution is 2.73. The van der Waals surface area contributed by atoms with E-state index in [1.165, 1.54) is 31.0 Å². The number of ether oxygens (including phenoxy) is 1. The first-order chi connectivity index (χ1) is 14.8. The maximum Gasteiger partial charge on any atom is 0.380 e. The number of fused-ring (bicyclic) bond motifs is 4. The molecule has 5 rings (SSSR count). The van der Waals surface area contributed by atoms with Crippen molar-refractivity contribution in [2.45, 2.75) is 36.4 Å². The molecule has 2 atom stereocenters. The van der Waals surface area contributed by atoms with Crippen LogP contribution in [0.3, 0.4) is 0 Å². The number of methoxy groups -OCH3 is 1. The number of rotatable bonds is 2. The highest BCUT2D eigenvalue weighted by Gasteiger charge is 2.84. The Morgan fingerprint density at radius 2 is 1.53 bits per heavy atom. The fourth-order valence-corrected chi connectivity index (χ4v) is 6.36. The van der Waals surface area contributed by atoms with Gasteiger partial charge in [0, 0.05) is 22.1 Å². The van der Waals surface area contributed by atoms with Crippen LogP contribution in [0.5, 0.6) is 5.75 Å². The van der Waals surface area contributed by atoms with Crippen molar-refractivity contribution in [3.8, 4) is 5.75 Å². The van der Waals surface area contributed by atoms with Gasteiger partial charge in [-0.3, -0.25) is 4.99 Å². The average Bonchev–Trinajstić information content (AvgIpc) is 3.15. The third-order valence-corrected chi connectivity index (χ3v) is 8.48. The first-order valence-electron chi connectivity index (χ1n) is 9.74. The predicted octanol–water partition coefficient (Wildman–Crippen LogP) is 6.67. The predicted molar refractivity (Wildman–Crippen MR) is 112 cm³/mol. The molecule has 0 spiro atoms. The molecule has 2 heterocycles. The minimum atomic E-state index is -5.57. The molecule has 0 amide bonds. The zero-order valence-electron chi connectivity index (χ0n) is 17.2. The molecule has 1 fully saturated rings. The maximum atomic E-state index is 15.0. The SMILES string of the molecule is COc1ccc(C2=CC3=C4C(=C5N=CC=CC5(C)C3(C)S2)C(F)(F)C(F)(F)C4(F)F)cc1. The lowest BCUT2D eigenvalue weighted by atomic mass is 9.63. The van der Waals surface area contributed by atoms with Gasteiger partial charge >= 0.3 is 17.8 Å². The summed E-state index contributed by atoms with van der Waals surface area (Å²) in [6, 6.07) is 6.75. The second kappa shape index (κ2) is 6.12. The smallest absolute Gasteiger partial charge is 0.380 e. The van der Waals surface area contributed by atoms with E-state index in [0.717, 1.165) is 6.21 Å². The molecular formula is C23H17F6NOS. The van der Waals surface area contributed by atoms with E-state index in [1.54, 1.807) is 44.2 Å². The molecule has 0 saturated heterocycles. The number of thioether (sulfide) groups is 1. The van der Waals surface area contributed by atoms with Crippen molar-refractivity contribution in [3.63, 3.8) is 0 Å². The van der Waals surface area contributed by atoms with Crippen LogP contribution in [-0.2, 0) is 0 Å². The number of allylic oxidation sites excluding steroid dienone is 5. The van der Waals surface area contributed by atoms with Gasteiger partial charge in [-0.2, -0.15) is 26.3 Å². The molecule has 1 aromatic rings. The van der Waals surface area contributed by atoms with Gasteiger partial charge in [-0.05, 0) is 49.3 Å². The third-order valence-electron chi connectivity index (χ3n) is 6.85. The van der Waals surface area contributed by atoms with E-state index in [4.69, 9.17) is 4.74 Å². The van der Waals surface area contributed by atoms with Gasteiger partial charge in [0.2, 0.25) is 0 Å². The molecule has 4 aliphatic rings. The van der Waals surface area contributed by atoms with Gasteiger partial charge in [0.05, 0.1) is 23.1 Å². The van der Waals surface area contributed by atoms with Crippen molar-refractivity contribution in [1.29, 1.82) is 0 Å². The Bertz CT molecular complexity index is 1190. The molecule has 2 aliphatic carbocycles. The Hall–Kier alpha value is -2.42. The third kappa shape index (κ3) is 2.23. The second-order valence-corrected chi connectivity index (χ2v) is 9.91. The van der Waals surface area contributed by atoms with Crippen molar-refractivity contribution in [2.75, 3.05) is 7.11 Å². The first kappa shape index (κ1) is 21.4. The molecule has 0 bridgehead atoms. The standard InChI is InChI=1S/C23H17F6NOS/c1-19-9-4-10-30-18(19)17-16(21(24,25)23(28,29)22(17,26)27)14-11-15(32-20(14,19)2)12-5-7-13(31-3)8-6-12/h4-11H,1-3H3. The van der Waals surface area contributed by atoms with E-state index >= 15 is 8.78 Å². The summed E-state index contributed by atoms with van der Waals surface area (Å²) in [6.45, 7) is 3.18. The summed E-state index contributed by atoms with van der Waals surface area (Å²) >= 11 is 1.18. The molecule has 0 N–H and O–H groups in total. The molecule has 0 aromatic heterocycles. The molecule has 32 heavy (non-hydrogen) atoms. The highest BCUT2D eigenvalue weighted by atomic mass is 32.2. The fraction of sp³-hybridized carbons (Fsp3) is 0.348. The summed E-state index contributed by atoms with van der Waals surface area (Å²) in [7, 11) is 1.49. The normalized spacial score (nSPS) is 33.1. The summed E-state index contributed by atoms with van der Waals surface area (Å²) in [5.74, 6) is -15.1. The fourth-order valence-electron chi connectivity index (χ4n) is 4.84. The Kier molecular flexibility index (Phi) is 4.10. The molecule has 1 aromatic carbocycles. The molecule has 9 heteroatoms. The van der Waals surface area contributed by atoms with E-state index in [2.05, 4.69) is 4.99 Å². The Balaban J connectivity index is 1.83. The molecule has 168 valence electrons. The zero-order valence-corrected chi connectivity index (χ0v) is 18.0. The lowest BCUT2D eigenvalue weighted by Crippen LogP contribution is -2.47. The van der Waals surface area contributed by atoms with Crippen LogP contribution < -0.4 is 4.74 Å². The number of halogens is 6. The van der Waals surface area contributed by atoms with E-state index in [-0.39, 0.29) is 5.57 Å². The maximum absolute atomic E-state index is 15.0. The zero-order chi connectivity index (χ0) is 23.3. The van der Waals surface area contributed by atoms with Crippen molar-refractivity contribution in [2.24, 2.45) is 10.4 Å². The summed E-state index contributed by atoms with van der Waals surface area (Å²) in [4.78, 5) is 4.46. The van der Waals surface area contributed by atoms with Gasteiger partial charge in [-0.25, -0.2) is 0 Å². The summed E-state index contributed by atoms with van der Waals surface area (Å²) in [5.41, 5.74) is -4.03. The minimum absolute atomic E-state index is 0.224. The van der Waals surface area contributed by atoms with E-state index < -0.39 is 44.8 Å². The van der Waals surface area contributed by atoms with E-state index in [1.807, 2.05) is 0 Å². The van der Waals surface area contributed by atoms with Crippen molar-refractivity contribution < 1.29 is 31.1 Å². The topological polar surface area (TPSA) is 21.6 Å². The Morgan fingerprint density at radius 1 is 0.906 bits per heavy atom. The monoisotopic (exact) mass is 469 g/mol. The number of benzene rings is 1. The highest BCUT2D eigenvalue weighted by molar-refractivity contribution is 8.10. The van der Waals surface area contributed by atoms with Crippen molar-refractivity contribution in [3.05, 3.63) is 70.5 Å². The van der Waals surface area contributed by atoms with Crippen LogP contribution in [0.2, 0.25) is 0 Å². The lowest BCUT2D eigenvalue weighted by Gasteiger charge is -2.48. The van der Waals surface area contributed by atoms with Crippen LogP contribution in [0.15, 0.2) is 69.9 Å². The van der Waals surface area contributed by atoms with Crippen LogP contribution in [0, 0.1) is 5.41 Å². The first-order valence-corrected chi connectivity index (χ1v) is 10.6. The molecule has 1 saturated carbocycles. The Labute approximate surface area is 184 Å². The Morgan fingerprint density at radius 3 is 2.16 bits per heavy atom. The molecular weight excluding hydrogens is 452 g/mol. The van der Waals surface area contributed by atoms with Crippen LogP contribution in [-0.4, -0.2) is 35.8 Å². The number of aliphatic imine (C=N–C) groups is 1. The summed E-state index contributed by atoms with van der Waals surface area (Å²) in [6.07, 6.45) is 5.59. The van der Waals surface area contributed by atoms with Gasteiger partial charge in [0.15, 0.2) is 0 Å². The van der Waals surface area contributed by atoms with Crippen molar-refractivity contribution >= 4 is 22.9 Å². The van der Waals surface area contributed by atoms with Crippen LogP contribution in [0.4, 0.5) is 26.3 Å². The average molecular weight is 469 g/mol. The number of dihydropyridines is 1. The number of hydrogen-bond donors (Lipinski definition) is 0. The van der Waals surface area contributed by atoms with Gasteiger partial charge < -0.3 is 4.74 Å². The van der Waals surface area contributed by atoms with Gasteiger partial charge in [-0.15, -0.1) is 11.8 Å². The van der Waals surface area contributed by atoms with Gasteiger partial charge in [-0.1, -0.05) is 18.2 Å². The number of alkyl halides is 6. The lowest BCUT2D eigenvalue weighted by molar-refractivity contribution is -0.258. The number of hydrogen-bond acceptors (Lipinski definition) is 3. The van der Waals surface area contributed by atoms with Gasteiger partial charge in [0.1, 0.15) is 5.75 Å². The quantitative estimate of drug-likeness (QED) is 0.451. The molecule has 2 unspecified atom stereocenters. The largest absolute Gasteiger partial charge is 0.497 e. The van der Waals surface area contributed by atoms with Crippen LogP contribution in [0.25, 0.3) is 4.91 Å². The van der Waals surface area contributed by atoms with E-state index in [9.17, 15) is 17.6 Å². The van der Waals surface area contributed by atoms with Crippen molar-refractivity contribution in [1.82, 2.24) is 0 Å². The molecule has 2 nitrogen and oxygen atoms in total.